The zero-order valence-electron chi connectivity index (χ0n) is 13.4. The highest BCUT2D eigenvalue weighted by Gasteiger charge is 2.32. The van der Waals surface area contributed by atoms with Crippen LogP contribution in [-0.4, -0.2) is 34.5 Å². The summed E-state index contributed by atoms with van der Waals surface area (Å²) in [7, 11) is 8.24. The summed E-state index contributed by atoms with van der Waals surface area (Å²) >= 11 is 0. The summed E-state index contributed by atoms with van der Waals surface area (Å²) in [6.07, 6.45) is 1.04. The van der Waals surface area contributed by atoms with Gasteiger partial charge in [0.15, 0.2) is 0 Å². The Hall–Kier alpha value is -2.49. The van der Waals surface area contributed by atoms with E-state index in [2.05, 4.69) is 53.1 Å². The molecule has 0 spiro atoms. The van der Waals surface area contributed by atoms with E-state index in [4.69, 9.17) is 0 Å². The molecule has 4 nitrogen and oxygen atoms in total. The van der Waals surface area contributed by atoms with Crippen molar-refractivity contribution in [2.24, 2.45) is 0 Å². The Balaban J connectivity index is 1.97. The highest BCUT2D eigenvalue weighted by molar-refractivity contribution is 5.85. The Labute approximate surface area is 131 Å². The van der Waals surface area contributed by atoms with E-state index < -0.39 is 0 Å². The molecular formula is C18H21N3O. The van der Waals surface area contributed by atoms with Crippen molar-refractivity contribution in [3.8, 4) is 0 Å². The van der Waals surface area contributed by atoms with Crippen molar-refractivity contribution in [1.82, 2.24) is 0 Å². The lowest BCUT2D eigenvalue weighted by atomic mass is 10.1. The summed E-state index contributed by atoms with van der Waals surface area (Å²) in [5.74, 6) is 0. The minimum Gasteiger partial charge on any atom is -0.378 e. The molecule has 2 aromatic rings. The molecule has 22 heavy (non-hydrogen) atoms. The lowest BCUT2D eigenvalue weighted by Gasteiger charge is -2.28. The predicted octanol–water partition coefficient (Wildman–Crippen LogP) is 3.15. The van der Waals surface area contributed by atoms with Gasteiger partial charge in [-0.15, -0.1) is 0 Å². The Morgan fingerprint density at radius 2 is 1.59 bits per heavy atom. The highest BCUT2D eigenvalue weighted by Crippen LogP contribution is 2.44. The van der Waals surface area contributed by atoms with E-state index >= 15 is 0 Å². The summed E-state index contributed by atoms with van der Waals surface area (Å²) in [6, 6.07) is 14.4. The fourth-order valence-electron chi connectivity index (χ4n) is 3.11. The van der Waals surface area contributed by atoms with Gasteiger partial charge < -0.3 is 14.7 Å². The number of hydrogen-bond donors (Lipinski definition) is 0. The van der Waals surface area contributed by atoms with Gasteiger partial charge in [-0.25, -0.2) is 0 Å². The number of carbonyl (C=O) groups is 1. The van der Waals surface area contributed by atoms with Crippen LogP contribution in [0.1, 0.15) is 22.1 Å². The lowest BCUT2D eigenvalue weighted by molar-refractivity contribution is 0.112. The van der Waals surface area contributed by atoms with Crippen molar-refractivity contribution in [1.29, 1.82) is 0 Å². The van der Waals surface area contributed by atoms with Gasteiger partial charge in [0, 0.05) is 39.4 Å². The van der Waals surface area contributed by atoms with E-state index in [1.807, 2.05) is 32.3 Å². The molecule has 1 unspecified atom stereocenters. The van der Waals surface area contributed by atoms with Crippen LogP contribution in [0.5, 0.6) is 0 Å². The van der Waals surface area contributed by atoms with Gasteiger partial charge in [-0.3, -0.25) is 4.79 Å². The average Bonchev–Trinajstić information content (AvgIpc) is 2.78. The third kappa shape index (κ3) is 2.21. The van der Waals surface area contributed by atoms with Gasteiger partial charge >= 0.3 is 0 Å². The Bertz CT molecular complexity index is 694. The molecule has 0 aliphatic carbocycles. The second kappa shape index (κ2) is 5.37. The van der Waals surface area contributed by atoms with Crippen LogP contribution in [-0.2, 0) is 0 Å². The lowest BCUT2D eigenvalue weighted by Crippen LogP contribution is -2.30. The molecule has 0 saturated carbocycles. The van der Waals surface area contributed by atoms with Gasteiger partial charge in [-0.2, -0.15) is 0 Å². The number of aldehydes is 1. The maximum atomic E-state index is 11.0. The average molecular weight is 295 g/mol. The van der Waals surface area contributed by atoms with Crippen LogP contribution in [0, 0.1) is 0 Å². The van der Waals surface area contributed by atoms with Gasteiger partial charge in [0.1, 0.15) is 12.5 Å². The first-order valence-corrected chi connectivity index (χ1v) is 7.35. The fourth-order valence-corrected chi connectivity index (χ4v) is 3.11. The molecule has 0 saturated heterocycles. The number of fused-ring (bicyclic) bond motifs is 1. The number of benzene rings is 2. The molecule has 1 heterocycles. The van der Waals surface area contributed by atoms with Crippen LogP contribution in [0.15, 0.2) is 42.5 Å². The Morgan fingerprint density at radius 3 is 2.18 bits per heavy atom. The Kier molecular flexibility index (Phi) is 3.53. The first-order valence-electron chi connectivity index (χ1n) is 7.35. The third-order valence-corrected chi connectivity index (χ3v) is 4.34. The first kappa shape index (κ1) is 14.4. The van der Waals surface area contributed by atoms with E-state index in [9.17, 15) is 4.79 Å². The van der Waals surface area contributed by atoms with Crippen LogP contribution < -0.4 is 14.7 Å². The molecule has 3 rings (SSSR count). The van der Waals surface area contributed by atoms with Crippen molar-refractivity contribution in [2.45, 2.75) is 6.17 Å². The van der Waals surface area contributed by atoms with Gasteiger partial charge in [0.2, 0.25) is 0 Å². The van der Waals surface area contributed by atoms with E-state index in [-0.39, 0.29) is 6.17 Å². The summed E-state index contributed by atoms with van der Waals surface area (Å²) in [4.78, 5) is 17.6. The van der Waals surface area contributed by atoms with E-state index in [0.717, 1.165) is 17.7 Å². The predicted molar refractivity (Wildman–Crippen MR) is 92.1 cm³/mol. The van der Waals surface area contributed by atoms with Crippen molar-refractivity contribution < 1.29 is 4.79 Å². The van der Waals surface area contributed by atoms with E-state index in [1.54, 1.807) is 0 Å². The largest absolute Gasteiger partial charge is 0.378 e. The SMILES string of the molecule is CN(C)c1ccc(C2N(C)c3ccc(C=O)cc3N2C)cc1. The maximum absolute atomic E-state index is 11.0. The zero-order chi connectivity index (χ0) is 15.9. The summed E-state index contributed by atoms with van der Waals surface area (Å²) in [5.41, 5.74) is 5.37. The molecule has 1 atom stereocenters. The standard InChI is InChI=1S/C18H21N3O/c1-19(2)15-8-6-14(7-9-15)18-20(3)16-10-5-13(12-22)11-17(16)21(18)4/h5-12,18H,1-4H3. The molecule has 114 valence electrons. The van der Waals surface area contributed by atoms with Crippen molar-refractivity contribution >= 4 is 23.3 Å². The first-order chi connectivity index (χ1) is 10.5. The third-order valence-electron chi connectivity index (χ3n) is 4.34. The molecule has 0 aromatic heterocycles. The molecule has 0 bridgehead atoms. The van der Waals surface area contributed by atoms with Gasteiger partial charge in [0.05, 0.1) is 11.4 Å². The van der Waals surface area contributed by atoms with Crippen LogP contribution in [0.3, 0.4) is 0 Å². The van der Waals surface area contributed by atoms with Gasteiger partial charge in [-0.05, 0) is 35.9 Å². The van der Waals surface area contributed by atoms with Crippen molar-refractivity contribution in [2.75, 3.05) is 42.9 Å². The quantitative estimate of drug-likeness (QED) is 0.813. The second-order valence-corrected chi connectivity index (χ2v) is 5.95. The molecule has 0 N–H and O–H groups in total. The summed E-state index contributed by atoms with van der Waals surface area (Å²) in [5, 5.41) is 0. The number of rotatable bonds is 3. The van der Waals surface area contributed by atoms with E-state index in [0.29, 0.717) is 5.56 Å². The molecule has 4 heteroatoms. The molecule has 0 amide bonds. The van der Waals surface area contributed by atoms with Crippen molar-refractivity contribution in [3.63, 3.8) is 0 Å². The zero-order valence-corrected chi connectivity index (χ0v) is 13.4. The van der Waals surface area contributed by atoms with Crippen LogP contribution >= 0.6 is 0 Å². The minimum absolute atomic E-state index is 0.146. The van der Waals surface area contributed by atoms with Gasteiger partial charge in [0.25, 0.3) is 0 Å². The number of nitrogens with zero attached hydrogens (tertiary/aromatic N) is 3. The maximum Gasteiger partial charge on any atom is 0.150 e. The molecule has 1 aliphatic rings. The molecule has 1 aliphatic heterocycles. The summed E-state index contributed by atoms with van der Waals surface area (Å²) in [6.45, 7) is 0. The van der Waals surface area contributed by atoms with Crippen molar-refractivity contribution in [3.05, 3.63) is 53.6 Å². The molecule has 0 fully saturated rings. The topological polar surface area (TPSA) is 26.8 Å². The van der Waals surface area contributed by atoms with Crippen LogP contribution in [0.25, 0.3) is 0 Å². The highest BCUT2D eigenvalue weighted by atomic mass is 16.1. The Morgan fingerprint density at radius 1 is 0.955 bits per heavy atom. The minimum atomic E-state index is 0.146. The molecule has 2 aromatic carbocycles. The molecular weight excluding hydrogens is 274 g/mol. The summed E-state index contributed by atoms with van der Waals surface area (Å²) < 4.78 is 0. The van der Waals surface area contributed by atoms with Crippen LogP contribution in [0.2, 0.25) is 0 Å². The number of carbonyl (C=O) groups excluding carboxylic acids is 1. The number of hydrogen-bond acceptors (Lipinski definition) is 4. The monoisotopic (exact) mass is 295 g/mol. The fraction of sp³-hybridized carbons (Fsp3) is 0.278. The van der Waals surface area contributed by atoms with E-state index in [1.165, 1.54) is 11.3 Å². The van der Waals surface area contributed by atoms with Crippen LogP contribution in [0.4, 0.5) is 17.1 Å². The van der Waals surface area contributed by atoms with Gasteiger partial charge in [-0.1, -0.05) is 12.1 Å². The normalized spacial score (nSPS) is 16.6. The second-order valence-electron chi connectivity index (χ2n) is 5.95. The molecule has 0 radical (unpaired) electrons. The smallest absolute Gasteiger partial charge is 0.150 e. The number of anilines is 3.